The van der Waals surface area contributed by atoms with E-state index in [4.69, 9.17) is 37.8 Å². The van der Waals surface area contributed by atoms with Crippen LogP contribution < -0.4 is 5.73 Å². The molecule has 2 bridgehead atoms. The molecule has 3 unspecified atom stereocenters. The number of aliphatic carboxylic acids is 2. The number of nitrogens with two attached hydrogens (primary N) is 1. The maximum absolute atomic E-state index is 9.10. The van der Waals surface area contributed by atoms with E-state index >= 15 is 0 Å². The second-order valence-electron chi connectivity index (χ2n) is 7.18. The number of fused-ring (bicyclic) bond motifs is 2. The Balaban J connectivity index is 0.000000377. The fourth-order valence-corrected chi connectivity index (χ4v) is 5.62. The van der Waals surface area contributed by atoms with Crippen LogP contribution in [0.4, 0.5) is 0 Å². The van der Waals surface area contributed by atoms with E-state index in [9.17, 15) is 0 Å². The minimum Gasteiger partial charge on any atom is -0.473 e. The van der Waals surface area contributed by atoms with Crippen molar-refractivity contribution in [3.8, 4) is 0 Å². The number of hydrogen-bond acceptors (Lipinski definition) is 8. The van der Waals surface area contributed by atoms with Gasteiger partial charge in [-0.05, 0) is 30.9 Å². The Morgan fingerprint density at radius 1 is 1.20 bits per heavy atom. The van der Waals surface area contributed by atoms with Gasteiger partial charge in [-0.2, -0.15) is 8.75 Å². The number of rotatable bonds is 5. The third-order valence-corrected chi connectivity index (χ3v) is 7.14. The summed E-state index contributed by atoms with van der Waals surface area (Å²) in [5, 5.41) is 15.9. The van der Waals surface area contributed by atoms with Crippen molar-refractivity contribution in [2.75, 3.05) is 19.6 Å². The highest BCUT2D eigenvalue weighted by Gasteiger charge is 2.38. The Bertz CT molecular complexity index is 907. The SMILES string of the molecule is NC(=S)c1ccc(CSc2nsnc2C2CN3CCCC2C3)cc1.O=C(O)C(=O)O. The molecule has 4 N–H and O–H groups in total. The third kappa shape index (κ3) is 5.75. The van der Waals surface area contributed by atoms with E-state index < -0.39 is 11.9 Å². The largest absolute Gasteiger partial charge is 0.473 e. The molecule has 2 fully saturated rings. The molecule has 2 aliphatic rings. The lowest BCUT2D eigenvalue weighted by Gasteiger charge is -2.21. The normalized spacial score (nSPS) is 22.1. The first-order valence-electron chi connectivity index (χ1n) is 9.37. The zero-order valence-electron chi connectivity index (χ0n) is 16.1. The van der Waals surface area contributed by atoms with E-state index in [1.807, 2.05) is 12.1 Å². The van der Waals surface area contributed by atoms with Crippen molar-refractivity contribution in [1.29, 1.82) is 0 Å². The highest BCUT2D eigenvalue weighted by atomic mass is 32.2. The molecule has 4 rings (SSSR count). The van der Waals surface area contributed by atoms with Gasteiger partial charge < -0.3 is 20.8 Å². The van der Waals surface area contributed by atoms with Crippen LogP contribution in [-0.2, 0) is 15.3 Å². The number of nitrogens with zero attached hydrogens (tertiary/aromatic N) is 3. The second kappa shape index (κ2) is 10.3. The first-order valence-corrected chi connectivity index (χ1v) is 11.5. The number of piperidine rings is 1. The van der Waals surface area contributed by atoms with Crippen LogP contribution in [0.1, 0.15) is 35.6 Å². The minimum atomic E-state index is -1.82. The standard InChI is InChI=1S/C17H20N4S3.C2H2O4/c18-16(22)12-5-3-11(4-6-12)10-23-17-15(19-24-20-17)14-9-21-7-1-2-13(14)8-21;3-1(4)2(5)6/h3-6,13-14H,1-2,7-10H2,(H2,18,22);(H,3,4)(H,5,6). The summed E-state index contributed by atoms with van der Waals surface area (Å²) < 4.78 is 9.23. The number of benzene rings is 1. The third-order valence-electron chi connectivity index (χ3n) is 5.20. The maximum Gasteiger partial charge on any atom is 0.414 e. The maximum atomic E-state index is 9.10. The lowest BCUT2D eigenvalue weighted by atomic mass is 9.89. The van der Waals surface area contributed by atoms with Crippen LogP contribution in [0.3, 0.4) is 0 Å². The molecule has 0 radical (unpaired) electrons. The molecule has 2 saturated heterocycles. The predicted octanol–water partition coefficient (Wildman–Crippen LogP) is 2.43. The monoisotopic (exact) mass is 466 g/mol. The summed E-state index contributed by atoms with van der Waals surface area (Å²) in [6.45, 7) is 3.65. The topological polar surface area (TPSA) is 130 Å². The summed E-state index contributed by atoms with van der Waals surface area (Å²) in [5.74, 6) is -1.40. The van der Waals surface area contributed by atoms with E-state index in [-0.39, 0.29) is 0 Å². The van der Waals surface area contributed by atoms with Crippen molar-refractivity contribution in [2.45, 2.75) is 29.5 Å². The molecule has 1 aromatic carbocycles. The van der Waals surface area contributed by atoms with E-state index in [0.717, 1.165) is 28.8 Å². The zero-order valence-corrected chi connectivity index (χ0v) is 18.5. The predicted molar refractivity (Wildman–Crippen MR) is 119 cm³/mol. The molecule has 0 aliphatic carbocycles. The quantitative estimate of drug-likeness (QED) is 0.343. The van der Waals surface area contributed by atoms with Gasteiger partial charge in [-0.3, -0.25) is 0 Å². The summed E-state index contributed by atoms with van der Waals surface area (Å²) in [6.07, 6.45) is 2.67. The van der Waals surface area contributed by atoms with Crippen LogP contribution >= 0.6 is 35.7 Å². The van der Waals surface area contributed by atoms with E-state index in [1.54, 1.807) is 11.8 Å². The molecule has 0 spiro atoms. The van der Waals surface area contributed by atoms with Gasteiger partial charge in [0.1, 0.15) is 10.0 Å². The van der Waals surface area contributed by atoms with Gasteiger partial charge >= 0.3 is 11.9 Å². The Morgan fingerprint density at radius 3 is 2.50 bits per heavy atom. The Morgan fingerprint density at radius 2 is 1.90 bits per heavy atom. The van der Waals surface area contributed by atoms with Gasteiger partial charge in [-0.15, -0.1) is 0 Å². The van der Waals surface area contributed by atoms with Crippen molar-refractivity contribution < 1.29 is 19.8 Å². The number of thiocarbonyl (C=S) groups is 1. The molecule has 8 nitrogen and oxygen atoms in total. The van der Waals surface area contributed by atoms with E-state index in [1.165, 1.54) is 48.9 Å². The summed E-state index contributed by atoms with van der Waals surface area (Å²) in [4.78, 5) is 21.2. The fraction of sp³-hybridized carbons (Fsp3) is 0.421. The van der Waals surface area contributed by atoms with Crippen molar-refractivity contribution >= 4 is 52.6 Å². The molecule has 3 heterocycles. The molecular weight excluding hydrogens is 444 g/mol. The van der Waals surface area contributed by atoms with Gasteiger partial charge in [0.2, 0.25) is 0 Å². The molecule has 2 aliphatic heterocycles. The van der Waals surface area contributed by atoms with Gasteiger partial charge in [0, 0.05) is 30.3 Å². The number of carboxylic acids is 2. The van der Waals surface area contributed by atoms with Crippen LogP contribution in [0.25, 0.3) is 0 Å². The van der Waals surface area contributed by atoms with Gasteiger partial charge in [0.25, 0.3) is 0 Å². The first kappa shape index (κ1) is 22.6. The van der Waals surface area contributed by atoms with Crippen molar-refractivity contribution in [2.24, 2.45) is 11.7 Å². The number of aromatic nitrogens is 2. The molecule has 11 heteroatoms. The summed E-state index contributed by atoms with van der Waals surface area (Å²) in [5.41, 5.74) is 9.06. The highest BCUT2D eigenvalue weighted by Crippen LogP contribution is 2.41. The smallest absolute Gasteiger partial charge is 0.414 e. The Kier molecular flexibility index (Phi) is 7.75. The van der Waals surface area contributed by atoms with Gasteiger partial charge in [0.05, 0.1) is 17.4 Å². The lowest BCUT2D eigenvalue weighted by molar-refractivity contribution is -0.159. The summed E-state index contributed by atoms with van der Waals surface area (Å²) >= 11 is 8.15. The minimum absolute atomic E-state index is 0.447. The molecule has 2 aromatic rings. The number of carbonyl (C=O) groups is 2. The number of hydrogen-bond donors (Lipinski definition) is 3. The average Bonchev–Trinajstić information content (AvgIpc) is 3.30. The molecular formula is C19H22N4O4S3. The van der Waals surface area contributed by atoms with Crippen LogP contribution in [0.2, 0.25) is 0 Å². The molecule has 30 heavy (non-hydrogen) atoms. The highest BCUT2D eigenvalue weighted by molar-refractivity contribution is 7.98. The van der Waals surface area contributed by atoms with Crippen LogP contribution in [-0.4, -0.2) is 60.4 Å². The summed E-state index contributed by atoms with van der Waals surface area (Å²) in [7, 11) is 0. The number of thioether (sulfide) groups is 1. The van der Waals surface area contributed by atoms with Gasteiger partial charge in [0.15, 0.2) is 0 Å². The second-order valence-corrected chi connectivity index (χ2v) is 9.12. The zero-order chi connectivity index (χ0) is 21.7. The Labute approximate surface area is 187 Å². The lowest BCUT2D eigenvalue weighted by Crippen LogP contribution is -2.25. The molecule has 160 valence electrons. The Hall–Kier alpha value is -2.08. The molecule has 0 amide bonds. The van der Waals surface area contributed by atoms with Crippen LogP contribution in [0.5, 0.6) is 0 Å². The van der Waals surface area contributed by atoms with E-state index in [2.05, 4.69) is 25.8 Å². The van der Waals surface area contributed by atoms with Crippen molar-refractivity contribution in [3.63, 3.8) is 0 Å². The van der Waals surface area contributed by atoms with Crippen molar-refractivity contribution in [1.82, 2.24) is 13.6 Å². The summed E-state index contributed by atoms with van der Waals surface area (Å²) in [6, 6.07) is 8.17. The molecule has 0 saturated carbocycles. The number of carboxylic acid groups (broad SMARTS) is 2. The average molecular weight is 467 g/mol. The molecule has 1 aromatic heterocycles. The van der Waals surface area contributed by atoms with Crippen LogP contribution in [0.15, 0.2) is 29.3 Å². The van der Waals surface area contributed by atoms with E-state index in [0.29, 0.717) is 10.9 Å². The van der Waals surface area contributed by atoms with Gasteiger partial charge in [-0.1, -0.05) is 48.2 Å². The fourth-order valence-electron chi connectivity index (χ4n) is 3.75. The van der Waals surface area contributed by atoms with Crippen molar-refractivity contribution in [3.05, 3.63) is 41.1 Å². The van der Waals surface area contributed by atoms with Gasteiger partial charge in [-0.25, -0.2) is 9.59 Å². The molecule has 3 atom stereocenters. The van der Waals surface area contributed by atoms with Crippen LogP contribution in [0, 0.1) is 5.92 Å². The first-order chi connectivity index (χ1) is 14.3.